The van der Waals surface area contributed by atoms with Crippen LogP contribution in [0.2, 0.25) is 0 Å². The minimum absolute atomic E-state index is 0.304. The van der Waals surface area contributed by atoms with Gasteiger partial charge >= 0.3 is 6.09 Å². The van der Waals surface area contributed by atoms with Gasteiger partial charge < -0.3 is 24.8 Å². The van der Waals surface area contributed by atoms with E-state index < -0.39 is 6.09 Å². The number of nitrogens with one attached hydrogen (secondary N) is 3. The molecule has 1 aromatic carbocycles. The quantitative estimate of drug-likeness (QED) is 0.248. The Balaban J connectivity index is 1.58. The summed E-state index contributed by atoms with van der Waals surface area (Å²) >= 11 is 0. The van der Waals surface area contributed by atoms with E-state index in [-0.39, 0.29) is 6.10 Å². The molecule has 0 saturated carbocycles. The first-order valence-electron chi connectivity index (χ1n) is 8.38. The summed E-state index contributed by atoms with van der Waals surface area (Å²) in [7, 11) is 0. The Labute approximate surface area is 155 Å². The first-order chi connectivity index (χ1) is 13.2. The molecule has 3 N–H and O–H groups in total. The molecule has 2 aromatic rings. The summed E-state index contributed by atoms with van der Waals surface area (Å²) in [6.07, 6.45) is 2.56. The van der Waals surface area contributed by atoms with E-state index in [4.69, 9.17) is 14.7 Å². The lowest BCUT2D eigenvalue weighted by Crippen LogP contribution is -2.30. The third-order valence-corrected chi connectivity index (χ3v) is 4.05. The minimum Gasteiger partial charge on any atom is -0.442 e. The highest BCUT2D eigenvalue weighted by Crippen LogP contribution is 2.24. The maximum atomic E-state index is 12.1. The van der Waals surface area contributed by atoms with Crippen LogP contribution in [0.1, 0.15) is 0 Å². The number of carbonyl (C=O) groups is 2. The molecule has 142 valence electrons. The van der Waals surface area contributed by atoms with E-state index in [2.05, 4.69) is 15.8 Å². The Hall–Kier alpha value is -3.56. The van der Waals surface area contributed by atoms with Crippen LogP contribution >= 0.6 is 0 Å². The Kier molecular flexibility index (Phi) is 5.87. The second-order valence-electron chi connectivity index (χ2n) is 5.79. The molecule has 0 radical (unpaired) electrons. The molecule has 1 unspecified atom stereocenters. The minimum atomic E-state index is -0.409. The van der Waals surface area contributed by atoms with Crippen molar-refractivity contribution in [3.8, 4) is 0 Å². The summed E-state index contributed by atoms with van der Waals surface area (Å²) in [5, 5.41) is 16.9. The highest BCUT2D eigenvalue weighted by Gasteiger charge is 2.32. The molecular weight excluding hydrogens is 352 g/mol. The number of hydrogen-bond acceptors (Lipinski definition) is 7. The number of ether oxygens (including phenoxy) is 1. The standard InChI is InChI=1S/C17H20N6O4/c18-11-22(7-6-19-12-24)13-1-3-14(4-2-13)23-10-15(27-17(23)25)9-20-16-5-8-26-21-16/h1-5,8,11-12,15,18H,6-7,9-10H2,(H,19,24)(H,20,21). The van der Waals surface area contributed by atoms with Crippen molar-refractivity contribution in [1.82, 2.24) is 10.5 Å². The molecule has 1 aliphatic rings. The van der Waals surface area contributed by atoms with Gasteiger partial charge in [0.25, 0.3) is 0 Å². The van der Waals surface area contributed by atoms with E-state index >= 15 is 0 Å². The zero-order valence-corrected chi connectivity index (χ0v) is 14.5. The van der Waals surface area contributed by atoms with Crippen molar-refractivity contribution in [2.75, 3.05) is 41.3 Å². The second kappa shape index (κ2) is 8.70. The Bertz CT molecular complexity index is 764. The molecule has 1 fully saturated rings. The molecule has 1 atom stereocenters. The van der Waals surface area contributed by atoms with Gasteiger partial charge in [-0.05, 0) is 24.3 Å². The van der Waals surface area contributed by atoms with E-state index in [1.165, 1.54) is 12.6 Å². The summed E-state index contributed by atoms with van der Waals surface area (Å²) in [5.74, 6) is 0.588. The highest BCUT2D eigenvalue weighted by molar-refractivity contribution is 5.90. The molecule has 3 rings (SSSR count). The van der Waals surface area contributed by atoms with Crippen LogP contribution in [-0.4, -0.2) is 56.3 Å². The molecule has 10 heteroatoms. The number of aromatic nitrogens is 1. The Morgan fingerprint density at radius 2 is 2.15 bits per heavy atom. The zero-order chi connectivity index (χ0) is 19.1. The lowest BCUT2D eigenvalue weighted by atomic mass is 10.2. The number of amides is 2. The number of carbonyl (C=O) groups excluding carboxylic acids is 2. The van der Waals surface area contributed by atoms with Gasteiger partial charge in [-0.25, -0.2) is 4.79 Å². The second-order valence-corrected chi connectivity index (χ2v) is 5.79. The van der Waals surface area contributed by atoms with Crippen molar-refractivity contribution < 1.29 is 18.8 Å². The van der Waals surface area contributed by atoms with Gasteiger partial charge in [-0.1, -0.05) is 5.16 Å². The highest BCUT2D eigenvalue weighted by atomic mass is 16.6. The predicted octanol–water partition coefficient (Wildman–Crippen LogP) is 1.27. The lowest BCUT2D eigenvalue weighted by Gasteiger charge is -2.20. The lowest BCUT2D eigenvalue weighted by molar-refractivity contribution is -0.109. The van der Waals surface area contributed by atoms with Crippen molar-refractivity contribution in [1.29, 1.82) is 5.41 Å². The summed E-state index contributed by atoms with van der Waals surface area (Å²) in [5.41, 5.74) is 1.50. The number of nitrogens with zero attached hydrogens (tertiary/aromatic N) is 3. The van der Waals surface area contributed by atoms with Crippen LogP contribution in [0.5, 0.6) is 0 Å². The number of cyclic esters (lactones) is 1. The molecule has 0 aliphatic carbocycles. The van der Waals surface area contributed by atoms with Crippen molar-refractivity contribution in [2.24, 2.45) is 0 Å². The van der Waals surface area contributed by atoms with Gasteiger partial charge in [0.1, 0.15) is 12.4 Å². The molecular formula is C17H20N6O4. The number of rotatable bonds is 10. The summed E-state index contributed by atoms with van der Waals surface area (Å²) in [6.45, 7) is 1.75. The molecule has 1 aromatic heterocycles. The van der Waals surface area contributed by atoms with Crippen LogP contribution in [-0.2, 0) is 9.53 Å². The third-order valence-electron chi connectivity index (χ3n) is 4.05. The normalized spacial score (nSPS) is 15.9. The molecule has 0 bridgehead atoms. The van der Waals surface area contributed by atoms with Crippen LogP contribution in [0.15, 0.2) is 41.1 Å². The number of hydrogen-bond donors (Lipinski definition) is 3. The van der Waals surface area contributed by atoms with Gasteiger partial charge in [0, 0.05) is 30.5 Å². The molecule has 2 heterocycles. The first kappa shape index (κ1) is 18.2. The molecule has 1 saturated heterocycles. The summed E-state index contributed by atoms with van der Waals surface area (Å²) < 4.78 is 10.1. The number of anilines is 3. The van der Waals surface area contributed by atoms with E-state index in [1.54, 1.807) is 28.0 Å². The van der Waals surface area contributed by atoms with Gasteiger partial charge in [0.05, 0.1) is 19.4 Å². The van der Waals surface area contributed by atoms with Crippen molar-refractivity contribution in [3.63, 3.8) is 0 Å². The largest absolute Gasteiger partial charge is 0.442 e. The topological polar surface area (TPSA) is 124 Å². The van der Waals surface area contributed by atoms with E-state index in [0.29, 0.717) is 44.1 Å². The van der Waals surface area contributed by atoms with Crippen molar-refractivity contribution in [3.05, 3.63) is 36.6 Å². The van der Waals surface area contributed by atoms with Gasteiger partial charge in [0.15, 0.2) is 5.82 Å². The summed E-state index contributed by atoms with van der Waals surface area (Å²) in [4.78, 5) is 25.7. The third kappa shape index (κ3) is 4.54. The maximum absolute atomic E-state index is 12.1. The van der Waals surface area contributed by atoms with Gasteiger partial charge in [-0.3, -0.25) is 15.1 Å². The molecule has 10 nitrogen and oxygen atoms in total. The molecule has 0 spiro atoms. The zero-order valence-electron chi connectivity index (χ0n) is 14.5. The fourth-order valence-corrected chi connectivity index (χ4v) is 2.70. The van der Waals surface area contributed by atoms with E-state index in [9.17, 15) is 9.59 Å². The molecule has 27 heavy (non-hydrogen) atoms. The smallest absolute Gasteiger partial charge is 0.414 e. The van der Waals surface area contributed by atoms with Crippen LogP contribution in [0.4, 0.5) is 22.0 Å². The average Bonchev–Trinajstić information content (AvgIpc) is 3.33. The fourth-order valence-electron chi connectivity index (χ4n) is 2.70. The van der Waals surface area contributed by atoms with E-state index in [0.717, 1.165) is 5.69 Å². The van der Waals surface area contributed by atoms with Crippen molar-refractivity contribution >= 4 is 36.0 Å². The van der Waals surface area contributed by atoms with Crippen LogP contribution in [0.25, 0.3) is 0 Å². The van der Waals surface area contributed by atoms with Gasteiger partial charge in [-0.15, -0.1) is 0 Å². The number of benzene rings is 1. The first-order valence-corrected chi connectivity index (χ1v) is 8.38. The van der Waals surface area contributed by atoms with Crippen LogP contribution in [0.3, 0.4) is 0 Å². The average molecular weight is 372 g/mol. The predicted molar refractivity (Wildman–Crippen MR) is 99.2 cm³/mol. The SMILES string of the molecule is N=CN(CCNC=O)c1ccc(N2CC(CNc3ccon3)OC2=O)cc1. The molecule has 2 amide bonds. The van der Waals surface area contributed by atoms with Crippen LogP contribution < -0.4 is 20.4 Å². The fraction of sp³-hybridized carbons (Fsp3) is 0.294. The van der Waals surface area contributed by atoms with Crippen LogP contribution in [0, 0.1) is 5.41 Å². The Morgan fingerprint density at radius 1 is 1.33 bits per heavy atom. The maximum Gasteiger partial charge on any atom is 0.414 e. The van der Waals surface area contributed by atoms with E-state index in [1.807, 2.05) is 12.1 Å². The van der Waals surface area contributed by atoms with Gasteiger partial charge in [-0.2, -0.15) is 0 Å². The van der Waals surface area contributed by atoms with Crippen molar-refractivity contribution in [2.45, 2.75) is 6.10 Å². The van der Waals surface area contributed by atoms with Gasteiger partial charge in [0.2, 0.25) is 6.41 Å². The Morgan fingerprint density at radius 3 is 2.81 bits per heavy atom. The monoisotopic (exact) mass is 372 g/mol. The molecule has 1 aliphatic heterocycles. The summed E-state index contributed by atoms with van der Waals surface area (Å²) in [6, 6.07) is 8.92.